The Morgan fingerprint density at radius 1 is 1.47 bits per heavy atom. The molecule has 0 atom stereocenters. The Bertz CT molecular complexity index is 462. The second-order valence-electron chi connectivity index (χ2n) is 5.05. The second-order valence-corrected chi connectivity index (χ2v) is 5.05. The minimum atomic E-state index is -0.266. The first-order valence-electron chi connectivity index (χ1n) is 6.60. The minimum absolute atomic E-state index is 0.0581. The van der Waals surface area contributed by atoms with Crippen molar-refractivity contribution >= 4 is 11.6 Å². The number of rotatable bonds is 4. The molecule has 1 aliphatic heterocycles. The summed E-state index contributed by atoms with van der Waals surface area (Å²) in [6, 6.07) is 5.39. The maximum absolute atomic E-state index is 14.1. The summed E-state index contributed by atoms with van der Waals surface area (Å²) >= 11 is 0. The molecule has 1 aromatic carbocycles. The van der Waals surface area contributed by atoms with Crippen LogP contribution >= 0.6 is 0 Å². The molecule has 104 valence electrons. The van der Waals surface area contributed by atoms with Gasteiger partial charge in [0, 0.05) is 25.7 Å². The van der Waals surface area contributed by atoms with Gasteiger partial charge in [-0.1, -0.05) is 26.0 Å². The molecule has 0 radical (unpaired) electrons. The van der Waals surface area contributed by atoms with E-state index in [-0.39, 0.29) is 18.3 Å². The van der Waals surface area contributed by atoms with E-state index in [9.17, 15) is 9.18 Å². The monoisotopic (exact) mass is 265 g/mol. The third-order valence-electron chi connectivity index (χ3n) is 3.13. The van der Waals surface area contributed by atoms with Crippen LogP contribution in [0.2, 0.25) is 0 Å². The van der Waals surface area contributed by atoms with Crippen LogP contribution in [0.15, 0.2) is 18.2 Å². The van der Waals surface area contributed by atoms with E-state index in [1.165, 1.54) is 6.07 Å². The zero-order chi connectivity index (χ0) is 13.8. The summed E-state index contributed by atoms with van der Waals surface area (Å²) in [6.45, 7) is 6.12. The molecule has 5 heteroatoms. The van der Waals surface area contributed by atoms with E-state index in [0.29, 0.717) is 31.4 Å². The van der Waals surface area contributed by atoms with Gasteiger partial charge in [0.1, 0.15) is 5.82 Å². The topological polar surface area (TPSA) is 44.4 Å². The summed E-state index contributed by atoms with van der Waals surface area (Å²) in [4.78, 5) is 13.3. The molecular weight excluding hydrogens is 245 g/mol. The largest absolute Gasteiger partial charge is 0.358 e. The first kappa shape index (κ1) is 13.8. The predicted octanol–water partition coefficient (Wildman–Crippen LogP) is 1.26. The van der Waals surface area contributed by atoms with Crippen molar-refractivity contribution in [2.75, 3.05) is 24.5 Å². The number of benzene rings is 1. The van der Waals surface area contributed by atoms with Gasteiger partial charge < -0.3 is 15.5 Å². The van der Waals surface area contributed by atoms with Gasteiger partial charge in [-0.05, 0) is 11.6 Å². The van der Waals surface area contributed by atoms with E-state index >= 15 is 0 Å². The minimum Gasteiger partial charge on any atom is -0.358 e. The van der Waals surface area contributed by atoms with E-state index < -0.39 is 0 Å². The molecule has 0 aromatic heterocycles. The van der Waals surface area contributed by atoms with Crippen LogP contribution < -0.4 is 15.5 Å². The average molecular weight is 265 g/mol. The van der Waals surface area contributed by atoms with Gasteiger partial charge in [-0.3, -0.25) is 4.79 Å². The fourth-order valence-electron chi connectivity index (χ4n) is 2.20. The standard InChI is InChI=1S/C14H20FN3O/c1-10(2)17-8-11-4-3-5-12(15)14(11)18-7-6-16-13(19)9-18/h3-5,10,17H,6-9H2,1-2H3,(H,16,19). The number of piperazine rings is 1. The van der Waals surface area contributed by atoms with Crippen molar-refractivity contribution in [3.05, 3.63) is 29.6 Å². The SMILES string of the molecule is CC(C)NCc1cccc(F)c1N1CCNC(=O)C1. The number of nitrogens with one attached hydrogen (secondary N) is 2. The number of carbonyl (C=O) groups excluding carboxylic acids is 1. The van der Waals surface area contributed by atoms with Crippen LogP contribution in [0.1, 0.15) is 19.4 Å². The Labute approximate surface area is 113 Å². The molecule has 19 heavy (non-hydrogen) atoms. The average Bonchev–Trinajstić information content (AvgIpc) is 2.36. The molecule has 0 spiro atoms. The van der Waals surface area contributed by atoms with Gasteiger partial charge in [-0.25, -0.2) is 4.39 Å². The van der Waals surface area contributed by atoms with Crippen LogP contribution in [-0.2, 0) is 11.3 Å². The van der Waals surface area contributed by atoms with E-state index in [4.69, 9.17) is 0 Å². The number of halogens is 1. The van der Waals surface area contributed by atoms with Gasteiger partial charge in [0.2, 0.25) is 5.91 Å². The normalized spacial score (nSPS) is 15.8. The Kier molecular flexibility index (Phi) is 4.37. The van der Waals surface area contributed by atoms with Gasteiger partial charge in [0.25, 0.3) is 0 Å². The van der Waals surface area contributed by atoms with Crippen molar-refractivity contribution in [1.29, 1.82) is 0 Å². The Balaban J connectivity index is 2.23. The number of hydrogen-bond acceptors (Lipinski definition) is 3. The first-order chi connectivity index (χ1) is 9.08. The van der Waals surface area contributed by atoms with Crippen molar-refractivity contribution in [2.24, 2.45) is 0 Å². The smallest absolute Gasteiger partial charge is 0.239 e. The van der Waals surface area contributed by atoms with Crippen LogP contribution in [0, 0.1) is 5.82 Å². The lowest BCUT2D eigenvalue weighted by molar-refractivity contribution is -0.120. The molecule has 1 amide bonds. The lowest BCUT2D eigenvalue weighted by Gasteiger charge is -2.30. The number of amides is 1. The highest BCUT2D eigenvalue weighted by atomic mass is 19.1. The van der Waals surface area contributed by atoms with Crippen molar-refractivity contribution < 1.29 is 9.18 Å². The predicted molar refractivity (Wildman–Crippen MR) is 73.6 cm³/mol. The maximum Gasteiger partial charge on any atom is 0.239 e. The quantitative estimate of drug-likeness (QED) is 0.861. The number of carbonyl (C=O) groups is 1. The van der Waals surface area contributed by atoms with Crippen molar-refractivity contribution in [3.8, 4) is 0 Å². The third kappa shape index (κ3) is 3.44. The van der Waals surface area contributed by atoms with Crippen molar-refractivity contribution in [3.63, 3.8) is 0 Å². The summed E-state index contributed by atoms with van der Waals surface area (Å²) in [5.74, 6) is -0.324. The summed E-state index contributed by atoms with van der Waals surface area (Å²) in [7, 11) is 0. The summed E-state index contributed by atoms with van der Waals surface area (Å²) in [5, 5.41) is 6.04. The number of hydrogen-bond donors (Lipinski definition) is 2. The highest BCUT2D eigenvalue weighted by Gasteiger charge is 2.21. The summed E-state index contributed by atoms with van der Waals surface area (Å²) in [5.41, 5.74) is 1.44. The van der Waals surface area contributed by atoms with Crippen LogP contribution in [0.25, 0.3) is 0 Å². The van der Waals surface area contributed by atoms with Crippen molar-refractivity contribution in [1.82, 2.24) is 10.6 Å². The highest BCUT2D eigenvalue weighted by Crippen LogP contribution is 2.25. The fourth-order valence-corrected chi connectivity index (χ4v) is 2.20. The Morgan fingerprint density at radius 2 is 2.26 bits per heavy atom. The van der Waals surface area contributed by atoms with Gasteiger partial charge in [-0.2, -0.15) is 0 Å². The lowest BCUT2D eigenvalue weighted by atomic mass is 10.1. The molecule has 2 N–H and O–H groups in total. The highest BCUT2D eigenvalue weighted by molar-refractivity contribution is 5.83. The molecule has 1 heterocycles. The number of para-hydroxylation sites is 1. The molecular formula is C14H20FN3O. The maximum atomic E-state index is 14.1. The van der Waals surface area contributed by atoms with Crippen LogP contribution in [0.3, 0.4) is 0 Å². The van der Waals surface area contributed by atoms with Gasteiger partial charge in [0.05, 0.1) is 12.2 Å². The van der Waals surface area contributed by atoms with Gasteiger partial charge in [-0.15, -0.1) is 0 Å². The third-order valence-corrected chi connectivity index (χ3v) is 3.13. The van der Waals surface area contributed by atoms with Crippen LogP contribution in [0.4, 0.5) is 10.1 Å². The molecule has 1 fully saturated rings. The van der Waals surface area contributed by atoms with Crippen LogP contribution in [0.5, 0.6) is 0 Å². The van der Waals surface area contributed by atoms with Crippen molar-refractivity contribution in [2.45, 2.75) is 26.4 Å². The molecule has 1 aromatic rings. The molecule has 1 aliphatic rings. The summed E-state index contributed by atoms with van der Waals surface area (Å²) < 4.78 is 14.1. The number of nitrogens with zero attached hydrogens (tertiary/aromatic N) is 1. The van der Waals surface area contributed by atoms with E-state index in [1.54, 1.807) is 6.07 Å². The zero-order valence-corrected chi connectivity index (χ0v) is 11.4. The molecule has 0 saturated carbocycles. The molecule has 4 nitrogen and oxygen atoms in total. The molecule has 1 saturated heterocycles. The van der Waals surface area contributed by atoms with Gasteiger partial charge in [0.15, 0.2) is 0 Å². The number of anilines is 1. The lowest BCUT2D eigenvalue weighted by Crippen LogP contribution is -2.48. The fraction of sp³-hybridized carbons (Fsp3) is 0.500. The molecule has 0 unspecified atom stereocenters. The Hall–Kier alpha value is -1.62. The molecule has 0 bridgehead atoms. The van der Waals surface area contributed by atoms with E-state index in [1.807, 2.05) is 24.8 Å². The van der Waals surface area contributed by atoms with E-state index in [2.05, 4.69) is 10.6 Å². The Morgan fingerprint density at radius 3 is 2.95 bits per heavy atom. The molecule has 0 aliphatic carbocycles. The van der Waals surface area contributed by atoms with E-state index in [0.717, 1.165) is 5.56 Å². The van der Waals surface area contributed by atoms with Crippen LogP contribution in [-0.4, -0.2) is 31.6 Å². The molecule has 2 rings (SSSR count). The first-order valence-corrected chi connectivity index (χ1v) is 6.60. The van der Waals surface area contributed by atoms with Gasteiger partial charge >= 0.3 is 0 Å². The zero-order valence-electron chi connectivity index (χ0n) is 11.4. The second kappa shape index (κ2) is 6.02. The summed E-state index contributed by atoms with van der Waals surface area (Å²) in [6.07, 6.45) is 0.